The standard InChI is InChI=1S/C33H47N3O3/c1-19-9-12-33(18-36-28(39)35-8)14-13-32(7)26(25(33)20(19)2)22(37)15-24-30(5)16-21(17-34)27(38)29(3,4)23(30)10-11-31(24,32)6/h15-16,19-20,23,25-26H,9-14,18H2,1-8H3,(H2,35,36,39)/t19-,20+,23+,25+,26-,30+,31-,32-,33-/m1/s1. The van der Waals surface area contributed by atoms with Crippen LogP contribution in [0.2, 0.25) is 0 Å². The third-order valence-electron chi connectivity index (χ3n) is 13.2. The molecule has 6 heteroatoms. The first-order valence-electron chi connectivity index (χ1n) is 15.0. The number of hydrogen-bond acceptors (Lipinski definition) is 4. The van der Waals surface area contributed by atoms with Gasteiger partial charge in [0.25, 0.3) is 0 Å². The Bertz CT molecular complexity index is 1220. The first-order chi connectivity index (χ1) is 18.1. The van der Waals surface area contributed by atoms with Crippen LogP contribution in [-0.2, 0) is 9.59 Å². The number of carbonyl (C=O) groups is 3. The Morgan fingerprint density at radius 3 is 2.38 bits per heavy atom. The molecule has 5 aliphatic rings. The van der Waals surface area contributed by atoms with E-state index < -0.39 is 10.8 Å². The van der Waals surface area contributed by atoms with Crippen LogP contribution < -0.4 is 10.6 Å². The van der Waals surface area contributed by atoms with Crippen LogP contribution in [0.4, 0.5) is 4.79 Å². The van der Waals surface area contributed by atoms with E-state index in [2.05, 4.69) is 51.3 Å². The number of carbonyl (C=O) groups excluding carboxylic acids is 3. The maximum absolute atomic E-state index is 14.5. The first kappa shape index (κ1) is 28.1. The molecule has 0 aromatic heterocycles. The number of urea groups is 1. The lowest BCUT2D eigenvalue weighted by atomic mass is 9.34. The monoisotopic (exact) mass is 533 g/mol. The number of amides is 2. The highest BCUT2D eigenvalue weighted by Gasteiger charge is 2.70. The van der Waals surface area contributed by atoms with Gasteiger partial charge < -0.3 is 10.6 Å². The number of ketones is 2. The molecule has 0 bridgehead atoms. The summed E-state index contributed by atoms with van der Waals surface area (Å²) in [6.07, 6.45) is 9.79. The smallest absolute Gasteiger partial charge is 0.314 e. The average Bonchev–Trinajstić information content (AvgIpc) is 2.89. The minimum absolute atomic E-state index is 0.0509. The van der Waals surface area contributed by atoms with Gasteiger partial charge in [-0.3, -0.25) is 9.59 Å². The predicted molar refractivity (Wildman–Crippen MR) is 151 cm³/mol. The van der Waals surface area contributed by atoms with E-state index in [1.807, 2.05) is 26.0 Å². The Morgan fingerprint density at radius 1 is 1.05 bits per heavy atom. The second kappa shape index (κ2) is 8.79. The molecule has 2 N–H and O–H groups in total. The van der Waals surface area contributed by atoms with Crippen molar-refractivity contribution in [2.24, 2.45) is 56.7 Å². The third-order valence-corrected chi connectivity index (χ3v) is 13.2. The molecule has 5 rings (SSSR count). The average molecular weight is 534 g/mol. The highest BCUT2D eigenvalue weighted by atomic mass is 16.2. The Hall–Kier alpha value is -2.42. The minimum atomic E-state index is -0.655. The van der Waals surface area contributed by atoms with E-state index in [1.165, 1.54) is 0 Å². The van der Waals surface area contributed by atoms with Crippen LogP contribution in [0.1, 0.15) is 87.0 Å². The van der Waals surface area contributed by atoms with Crippen molar-refractivity contribution in [2.75, 3.05) is 13.6 Å². The van der Waals surface area contributed by atoms with Gasteiger partial charge in [0.2, 0.25) is 0 Å². The van der Waals surface area contributed by atoms with E-state index in [0.717, 1.165) is 44.1 Å². The van der Waals surface area contributed by atoms with Crippen LogP contribution in [0.25, 0.3) is 0 Å². The molecule has 3 saturated carbocycles. The van der Waals surface area contributed by atoms with E-state index in [4.69, 9.17) is 0 Å². The van der Waals surface area contributed by atoms with Gasteiger partial charge in [-0.05, 0) is 84.5 Å². The molecule has 212 valence electrons. The van der Waals surface area contributed by atoms with Crippen molar-refractivity contribution >= 4 is 17.6 Å². The van der Waals surface area contributed by atoms with Gasteiger partial charge in [-0.1, -0.05) is 60.1 Å². The van der Waals surface area contributed by atoms with Crippen molar-refractivity contribution in [1.29, 1.82) is 5.26 Å². The number of nitrogens with one attached hydrogen (secondary N) is 2. The van der Waals surface area contributed by atoms with Crippen LogP contribution in [0.3, 0.4) is 0 Å². The van der Waals surface area contributed by atoms with Crippen LogP contribution >= 0.6 is 0 Å². The van der Waals surface area contributed by atoms with E-state index in [-0.39, 0.29) is 57.2 Å². The van der Waals surface area contributed by atoms with Gasteiger partial charge >= 0.3 is 6.03 Å². The quantitative estimate of drug-likeness (QED) is 0.455. The maximum atomic E-state index is 14.5. The molecule has 0 aliphatic heterocycles. The SMILES string of the molecule is CNC(=O)NC[C@]12CC[C@@H](C)[C@H](C)[C@H]1[C@H]1C(=O)C=C3[C@@]4(C)C=C(C#N)C(=O)C(C)(C)[C@@H]4CC[C@@]3(C)[C@]1(C)CC2. The van der Waals surface area contributed by atoms with Gasteiger partial charge in [-0.15, -0.1) is 0 Å². The van der Waals surface area contributed by atoms with E-state index in [1.54, 1.807) is 7.05 Å². The lowest BCUT2D eigenvalue weighted by molar-refractivity contribution is -0.175. The second-order valence-electron chi connectivity index (χ2n) is 15.0. The van der Waals surface area contributed by atoms with Crippen LogP contribution in [0.15, 0.2) is 23.3 Å². The number of rotatable bonds is 2. The molecular weight excluding hydrogens is 486 g/mol. The van der Waals surface area contributed by atoms with E-state index in [0.29, 0.717) is 18.4 Å². The highest BCUT2D eigenvalue weighted by molar-refractivity contribution is 6.04. The van der Waals surface area contributed by atoms with Gasteiger partial charge in [-0.2, -0.15) is 5.26 Å². The molecule has 9 atom stereocenters. The molecule has 3 fully saturated rings. The Balaban J connectivity index is 1.66. The summed E-state index contributed by atoms with van der Waals surface area (Å²) < 4.78 is 0. The molecule has 6 nitrogen and oxygen atoms in total. The Morgan fingerprint density at radius 2 is 1.74 bits per heavy atom. The summed E-state index contributed by atoms with van der Waals surface area (Å²) in [5.41, 5.74) is -0.338. The molecule has 0 heterocycles. The van der Waals surface area contributed by atoms with Gasteiger partial charge in [-0.25, -0.2) is 4.79 Å². The summed E-state index contributed by atoms with van der Waals surface area (Å²) in [6, 6.07) is 2.03. The summed E-state index contributed by atoms with van der Waals surface area (Å²) in [6.45, 7) is 16.1. The zero-order chi connectivity index (χ0) is 28.8. The summed E-state index contributed by atoms with van der Waals surface area (Å²) in [5.74, 6) is 1.18. The number of nitriles is 1. The van der Waals surface area contributed by atoms with Crippen molar-refractivity contribution in [3.63, 3.8) is 0 Å². The van der Waals surface area contributed by atoms with Gasteiger partial charge in [0.05, 0.1) is 5.57 Å². The number of nitrogens with zero attached hydrogens (tertiary/aromatic N) is 1. The molecule has 2 amide bonds. The zero-order valence-corrected chi connectivity index (χ0v) is 25.2. The van der Waals surface area contributed by atoms with Crippen molar-refractivity contribution in [1.82, 2.24) is 10.6 Å². The van der Waals surface area contributed by atoms with Gasteiger partial charge in [0, 0.05) is 30.3 Å². The molecule has 0 aromatic carbocycles. The molecule has 0 unspecified atom stereocenters. The molecular formula is C33H47N3O3. The molecule has 0 radical (unpaired) electrons. The van der Waals surface area contributed by atoms with Crippen molar-refractivity contribution < 1.29 is 14.4 Å². The van der Waals surface area contributed by atoms with Crippen molar-refractivity contribution in [2.45, 2.75) is 87.0 Å². The van der Waals surface area contributed by atoms with E-state index in [9.17, 15) is 19.6 Å². The van der Waals surface area contributed by atoms with E-state index >= 15 is 0 Å². The number of Topliss-reactive ketones (excluding diaryl/α,β-unsaturated/α-hetero) is 1. The van der Waals surface area contributed by atoms with Crippen molar-refractivity contribution in [3.8, 4) is 6.07 Å². The fraction of sp³-hybridized carbons (Fsp3) is 0.758. The number of allylic oxidation sites excluding steroid dienone is 4. The molecule has 0 aromatic rings. The summed E-state index contributed by atoms with van der Waals surface area (Å²) in [7, 11) is 1.65. The van der Waals surface area contributed by atoms with Crippen LogP contribution in [0, 0.1) is 68.0 Å². The summed E-state index contributed by atoms with van der Waals surface area (Å²) in [5, 5.41) is 15.7. The molecule has 5 aliphatic carbocycles. The van der Waals surface area contributed by atoms with Gasteiger partial charge in [0.1, 0.15) is 6.07 Å². The number of hydrogen-bond donors (Lipinski definition) is 2. The zero-order valence-electron chi connectivity index (χ0n) is 25.2. The largest absolute Gasteiger partial charge is 0.341 e. The third kappa shape index (κ3) is 3.53. The topological polar surface area (TPSA) is 99.1 Å². The molecule has 0 spiro atoms. The summed E-state index contributed by atoms with van der Waals surface area (Å²) in [4.78, 5) is 40.1. The Kier molecular flexibility index (Phi) is 6.34. The maximum Gasteiger partial charge on any atom is 0.314 e. The van der Waals surface area contributed by atoms with Crippen LogP contribution in [0.5, 0.6) is 0 Å². The molecule has 0 saturated heterocycles. The van der Waals surface area contributed by atoms with Crippen LogP contribution in [-0.4, -0.2) is 31.2 Å². The highest BCUT2D eigenvalue weighted by Crippen LogP contribution is 2.74. The summed E-state index contributed by atoms with van der Waals surface area (Å²) >= 11 is 0. The minimum Gasteiger partial charge on any atom is -0.341 e. The molecule has 39 heavy (non-hydrogen) atoms. The lowest BCUT2D eigenvalue weighted by Crippen LogP contribution is -2.66. The Labute approximate surface area is 234 Å². The predicted octanol–water partition coefficient (Wildman–Crippen LogP) is 5.99. The number of fused-ring (bicyclic) bond motifs is 7. The normalized spacial score (nSPS) is 46.3. The lowest BCUT2D eigenvalue weighted by Gasteiger charge is -2.69. The first-order valence-corrected chi connectivity index (χ1v) is 15.0. The van der Waals surface area contributed by atoms with Gasteiger partial charge in [0.15, 0.2) is 11.6 Å². The van der Waals surface area contributed by atoms with Crippen molar-refractivity contribution in [3.05, 3.63) is 23.3 Å². The fourth-order valence-corrected chi connectivity index (χ4v) is 10.6. The fourth-order valence-electron chi connectivity index (χ4n) is 10.6. The second-order valence-corrected chi connectivity index (χ2v) is 15.0.